The van der Waals surface area contributed by atoms with Crippen LogP contribution in [0.1, 0.15) is 35.1 Å². The van der Waals surface area contributed by atoms with E-state index < -0.39 is 0 Å². The highest BCUT2D eigenvalue weighted by atomic mass is 14.7. The summed E-state index contributed by atoms with van der Waals surface area (Å²) in [6.07, 6.45) is 3.20. The largest absolute Gasteiger partial charge is 0.354 e. The van der Waals surface area contributed by atoms with Crippen LogP contribution in [0.3, 0.4) is 0 Å². The van der Waals surface area contributed by atoms with Crippen molar-refractivity contribution in [1.29, 1.82) is 0 Å². The molecule has 0 radical (unpaired) electrons. The SMILES string of the molecule is Cc1cc(C)c(-c2[nH]c3ccc(-c4ccccc4)cc3c2CCCCN)c(C)c1. The van der Waals surface area contributed by atoms with Gasteiger partial charge in [-0.1, -0.05) is 54.1 Å². The maximum atomic E-state index is 5.79. The molecule has 2 nitrogen and oxygen atoms in total. The molecule has 0 aliphatic rings. The number of hydrogen-bond acceptors (Lipinski definition) is 1. The number of aromatic nitrogens is 1. The molecule has 1 aromatic heterocycles. The summed E-state index contributed by atoms with van der Waals surface area (Å²) in [5.74, 6) is 0. The molecule has 0 amide bonds. The van der Waals surface area contributed by atoms with Gasteiger partial charge in [0.25, 0.3) is 0 Å². The second-order valence-corrected chi connectivity index (χ2v) is 8.12. The minimum Gasteiger partial charge on any atom is -0.354 e. The summed E-state index contributed by atoms with van der Waals surface area (Å²) in [4.78, 5) is 3.76. The minimum absolute atomic E-state index is 0.746. The molecule has 29 heavy (non-hydrogen) atoms. The first kappa shape index (κ1) is 19.5. The third-order valence-corrected chi connectivity index (χ3v) is 5.82. The molecule has 0 saturated carbocycles. The van der Waals surface area contributed by atoms with Crippen molar-refractivity contribution in [2.24, 2.45) is 5.73 Å². The lowest BCUT2D eigenvalue weighted by Gasteiger charge is -2.13. The molecule has 0 aliphatic heterocycles. The average Bonchev–Trinajstić information content (AvgIpc) is 3.05. The smallest absolute Gasteiger partial charge is 0.0502 e. The van der Waals surface area contributed by atoms with Gasteiger partial charge in [0.15, 0.2) is 0 Å². The molecule has 3 aromatic carbocycles. The number of fused-ring (bicyclic) bond motifs is 1. The van der Waals surface area contributed by atoms with Crippen molar-refractivity contribution in [3.63, 3.8) is 0 Å². The molecule has 4 rings (SSSR count). The van der Waals surface area contributed by atoms with Gasteiger partial charge in [-0.3, -0.25) is 0 Å². The van der Waals surface area contributed by atoms with E-state index in [1.807, 2.05) is 0 Å². The Kier molecular flexibility index (Phi) is 5.55. The zero-order chi connectivity index (χ0) is 20.4. The van der Waals surface area contributed by atoms with Crippen molar-refractivity contribution in [1.82, 2.24) is 4.98 Å². The van der Waals surface area contributed by atoms with E-state index in [1.54, 1.807) is 0 Å². The van der Waals surface area contributed by atoms with Crippen molar-refractivity contribution >= 4 is 10.9 Å². The average molecular weight is 383 g/mol. The van der Waals surface area contributed by atoms with Crippen LogP contribution < -0.4 is 5.73 Å². The second-order valence-electron chi connectivity index (χ2n) is 8.12. The van der Waals surface area contributed by atoms with Crippen LogP contribution in [0, 0.1) is 20.8 Å². The van der Waals surface area contributed by atoms with E-state index in [0.717, 1.165) is 25.8 Å². The van der Waals surface area contributed by atoms with E-state index in [0.29, 0.717) is 0 Å². The number of aryl methyl sites for hydroxylation is 4. The van der Waals surface area contributed by atoms with Gasteiger partial charge in [0.05, 0.1) is 5.69 Å². The number of benzene rings is 3. The van der Waals surface area contributed by atoms with Gasteiger partial charge >= 0.3 is 0 Å². The normalized spacial score (nSPS) is 11.3. The summed E-state index contributed by atoms with van der Waals surface area (Å²) >= 11 is 0. The molecule has 0 unspecified atom stereocenters. The first-order chi connectivity index (χ1) is 14.1. The number of hydrogen-bond donors (Lipinski definition) is 2. The number of H-pyrrole nitrogens is 1. The molecule has 1 heterocycles. The maximum absolute atomic E-state index is 5.79. The summed E-state index contributed by atoms with van der Waals surface area (Å²) in [7, 11) is 0. The molecule has 148 valence electrons. The first-order valence-corrected chi connectivity index (χ1v) is 10.6. The molecule has 0 aliphatic carbocycles. The fourth-order valence-electron chi connectivity index (χ4n) is 4.55. The van der Waals surface area contributed by atoms with E-state index in [1.165, 1.54) is 55.5 Å². The standard InChI is InChI=1S/C27H30N2/c1-18-15-19(2)26(20(3)16-18)27-23(11-7-8-14-28)24-17-22(12-13-25(24)29-27)21-9-5-4-6-10-21/h4-6,9-10,12-13,15-17,29H,7-8,11,14,28H2,1-3H3. The summed E-state index contributed by atoms with van der Waals surface area (Å²) in [5, 5.41) is 1.33. The van der Waals surface area contributed by atoms with Crippen LogP contribution in [0.5, 0.6) is 0 Å². The molecule has 0 fully saturated rings. The maximum Gasteiger partial charge on any atom is 0.0502 e. The highest BCUT2D eigenvalue weighted by Crippen LogP contribution is 2.37. The Morgan fingerprint density at radius 3 is 2.21 bits per heavy atom. The van der Waals surface area contributed by atoms with Gasteiger partial charge in [0.1, 0.15) is 0 Å². The molecular weight excluding hydrogens is 352 g/mol. The van der Waals surface area contributed by atoms with Gasteiger partial charge in [0, 0.05) is 16.5 Å². The van der Waals surface area contributed by atoms with Crippen molar-refractivity contribution in [2.45, 2.75) is 40.0 Å². The Labute approximate surface area is 173 Å². The number of unbranched alkanes of at least 4 members (excludes halogenated alkanes) is 1. The molecule has 4 aromatic rings. The van der Waals surface area contributed by atoms with Gasteiger partial charge in [-0.05, 0) is 86.5 Å². The lowest BCUT2D eigenvalue weighted by molar-refractivity contribution is 0.748. The molecule has 0 bridgehead atoms. The van der Waals surface area contributed by atoms with E-state index in [9.17, 15) is 0 Å². The highest BCUT2D eigenvalue weighted by Gasteiger charge is 2.17. The highest BCUT2D eigenvalue weighted by molar-refractivity contribution is 5.94. The van der Waals surface area contributed by atoms with Crippen LogP contribution in [-0.4, -0.2) is 11.5 Å². The predicted molar refractivity (Wildman–Crippen MR) is 125 cm³/mol. The first-order valence-electron chi connectivity index (χ1n) is 10.6. The van der Waals surface area contributed by atoms with Gasteiger partial charge in [-0.15, -0.1) is 0 Å². The number of rotatable bonds is 6. The van der Waals surface area contributed by atoms with Crippen LogP contribution in [0.25, 0.3) is 33.3 Å². The molecule has 3 N–H and O–H groups in total. The van der Waals surface area contributed by atoms with E-state index in [4.69, 9.17) is 5.73 Å². The Morgan fingerprint density at radius 2 is 1.52 bits per heavy atom. The summed E-state index contributed by atoms with van der Waals surface area (Å²) < 4.78 is 0. The Morgan fingerprint density at radius 1 is 0.793 bits per heavy atom. The summed E-state index contributed by atoms with van der Waals surface area (Å²) in [5.41, 5.74) is 17.5. The fraction of sp³-hybridized carbons (Fsp3) is 0.259. The monoisotopic (exact) mass is 382 g/mol. The van der Waals surface area contributed by atoms with Crippen molar-refractivity contribution in [3.05, 3.63) is 82.9 Å². The van der Waals surface area contributed by atoms with Crippen LogP contribution in [0.4, 0.5) is 0 Å². The van der Waals surface area contributed by atoms with Crippen LogP contribution in [0.2, 0.25) is 0 Å². The Bertz CT molecular complexity index is 1110. The molecule has 2 heteroatoms. The fourth-order valence-corrected chi connectivity index (χ4v) is 4.55. The number of nitrogens with one attached hydrogen (secondary N) is 1. The van der Waals surface area contributed by atoms with Crippen LogP contribution >= 0.6 is 0 Å². The van der Waals surface area contributed by atoms with E-state index in [-0.39, 0.29) is 0 Å². The molecule has 0 saturated heterocycles. The summed E-state index contributed by atoms with van der Waals surface area (Å²) in [6, 6.07) is 22.0. The molecule has 0 spiro atoms. The van der Waals surface area contributed by atoms with Crippen LogP contribution in [-0.2, 0) is 6.42 Å². The molecular formula is C27H30N2. The Hall–Kier alpha value is -2.84. The topological polar surface area (TPSA) is 41.8 Å². The van der Waals surface area contributed by atoms with Gasteiger partial charge in [-0.25, -0.2) is 0 Å². The zero-order valence-electron chi connectivity index (χ0n) is 17.7. The van der Waals surface area contributed by atoms with Crippen molar-refractivity contribution in [2.75, 3.05) is 6.54 Å². The lowest BCUT2D eigenvalue weighted by Crippen LogP contribution is -2.00. The van der Waals surface area contributed by atoms with Crippen molar-refractivity contribution in [3.8, 4) is 22.4 Å². The van der Waals surface area contributed by atoms with Gasteiger partial charge in [-0.2, -0.15) is 0 Å². The third-order valence-electron chi connectivity index (χ3n) is 5.82. The Balaban J connectivity index is 1.91. The second kappa shape index (κ2) is 8.26. The van der Waals surface area contributed by atoms with Crippen molar-refractivity contribution < 1.29 is 0 Å². The van der Waals surface area contributed by atoms with Gasteiger partial charge < -0.3 is 10.7 Å². The third kappa shape index (κ3) is 3.86. The lowest BCUT2D eigenvalue weighted by atomic mass is 9.92. The number of nitrogens with two attached hydrogens (primary N) is 1. The molecule has 0 atom stereocenters. The van der Waals surface area contributed by atoms with Gasteiger partial charge in [0.2, 0.25) is 0 Å². The number of aromatic amines is 1. The quantitative estimate of drug-likeness (QED) is 0.358. The minimum atomic E-state index is 0.746. The van der Waals surface area contributed by atoms with E-state index in [2.05, 4.69) is 86.4 Å². The predicted octanol–water partition coefficient (Wildman–Crippen LogP) is 6.71. The zero-order valence-corrected chi connectivity index (χ0v) is 17.7. The summed E-state index contributed by atoms with van der Waals surface area (Å²) in [6.45, 7) is 7.36. The van der Waals surface area contributed by atoms with Crippen LogP contribution in [0.15, 0.2) is 60.7 Å². The van der Waals surface area contributed by atoms with E-state index >= 15 is 0 Å².